The number of rotatable bonds is 5. The van der Waals surface area contributed by atoms with Crippen LogP contribution < -0.4 is 10.3 Å². The molecule has 112 valence electrons. The number of thioether (sulfide) groups is 1. The first kappa shape index (κ1) is 15.6. The van der Waals surface area contributed by atoms with Gasteiger partial charge in [-0.3, -0.25) is 4.79 Å². The van der Waals surface area contributed by atoms with E-state index in [0.29, 0.717) is 11.8 Å². The molecule has 5 heteroatoms. The summed E-state index contributed by atoms with van der Waals surface area (Å²) >= 11 is 1.47. The molecule has 0 amide bonds. The van der Waals surface area contributed by atoms with Crippen molar-refractivity contribution in [2.45, 2.75) is 31.3 Å². The fourth-order valence-corrected chi connectivity index (χ4v) is 2.44. The van der Waals surface area contributed by atoms with Crippen LogP contribution in [-0.4, -0.2) is 22.3 Å². The van der Waals surface area contributed by atoms with Gasteiger partial charge in [-0.05, 0) is 23.1 Å². The molecule has 0 fully saturated rings. The van der Waals surface area contributed by atoms with E-state index in [1.54, 1.807) is 0 Å². The van der Waals surface area contributed by atoms with E-state index in [0.717, 1.165) is 11.5 Å². The highest BCUT2D eigenvalue weighted by Gasteiger charge is 2.12. The second-order valence-electron chi connectivity index (χ2n) is 5.71. The van der Waals surface area contributed by atoms with E-state index < -0.39 is 0 Å². The van der Waals surface area contributed by atoms with Crippen molar-refractivity contribution < 1.29 is 4.74 Å². The standard InChI is InChI=1S/C16H20N2O2S/c1-16(2,3)12-4-6-13(7-5-12)20-10-11-21-15-17-9-8-14(19)18-15/h4-9H,10-11H2,1-3H3,(H,17,18,19). The highest BCUT2D eigenvalue weighted by Crippen LogP contribution is 2.24. The fraction of sp³-hybridized carbons (Fsp3) is 0.375. The number of aromatic nitrogens is 2. The lowest BCUT2D eigenvalue weighted by Gasteiger charge is -2.19. The first-order valence-corrected chi connectivity index (χ1v) is 7.85. The number of aromatic amines is 1. The van der Waals surface area contributed by atoms with Crippen LogP contribution in [0.5, 0.6) is 5.75 Å². The van der Waals surface area contributed by atoms with Gasteiger partial charge in [0.05, 0.1) is 6.61 Å². The maximum absolute atomic E-state index is 11.1. The minimum absolute atomic E-state index is 0.133. The predicted molar refractivity (Wildman–Crippen MR) is 86.2 cm³/mol. The topological polar surface area (TPSA) is 55.0 Å². The van der Waals surface area contributed by atoms with Crippen molar-refractivity contribution in [2.24, 2.45) is 0 Å². The first-order chi connectivity index (χ1) is 9.95. The van der Waals surface area contributed by atoms with Crippen LogP contribution in [0.4, 0.5) is 0 Å². The average Bonchev–Trinajstić information content (AvgIpc) is 2.43. The monoisotopic (exact) mass is 304 g/mol. The van der Waals surface area contributed by atoms with E-state index in [1.165, 1.54) is 29.6 Å². The number of hydrogen-bond donors (Lipinski definition) is 1. The Morgan fingerprint density at radius 2 is 1.90 bits per heavy atom. The summed E-state index contributed by atoms with van der Waals surface area (Å²) < 4.78 is 5.69. The van der Waals surface area contributed by atoms with Gasteiger partial charge in [-0.1, -0.05) is 44.7 Å². The van der Waals surface area contributed by atoms with E-state index in [4.69, 9.17) is 4.74 Å². The van der Waals surface area contributed by atoms with Gasteiger partial charge in [0.1, 0.15) is 5.75 Å². The lowest BCUT2D eigenvalue weighted by molar-refractivity contribution is 0.343. The number of nitrogens with one attached hydrogen (secondary N) is 1. The molecule has 1 N–H and O–H groups in total. The Bertz CT molecular complexity index is 630. The molecule has 1 aromatic carbocycles. The summed E-state index contributed by atoms with van der Waals surface area (Å²) in [6, 6.07) is 9.58. The molecule has 1 aromatic heterocycles. The molecule has 0 radical (unpaired) electrons. The van der Waals surface area contributed by atoms with Crippen LogP contribution in [-0.2, 0) is 5.41 Å². The van der Waals surface area contributed by atoms with E-state index in [2.05, 4.69) is 42.9 Å². The minimum atomic E-state index is -0.133. The molecule has 2 rings (SSSR count). The van der Waals surface area contributed by atoms with Crippen molar-refractivity contribution in [3.05, 3.63) is 52.4 Å². The van der Waals surface area contributed by atoms with Gasteiger partial charge in [-0.2, -0.15) is 0 Å². The SMILES string of the molecule is CC(C)(C)c1ccc(OCCSc2nccc(=O)[nH]2)cc1. The van der Waals surface area contributed by atoms with Crippen LogP contribution in [0.2, 0.25) is 0 Å². The number of benzene rings is 1. The van der Waals surface area contributed by atoms with E-state index in [1.807, 2.05) is 12.1 Å². The second kappa shape index (κ2) is 6.80. The predicted octanol–water partition coefficient (Wildman–Crippen LogP) is 3.24. The molecule has 0 saturated carbocycles. The van der Waals surface area contributed by atoms with Gasteiger partial charge in [0.2, 0.25) is 0 Å². The number of H-pyrrole nitrogens is 1. The van der Waals surface area contributed by atoms with Gasteiger partial charge in [0.15, 0.2) is 5.16 Å². The highest BCUT2D eigenvalue weighted by molar-refractivity contribution is 7.99. The van der Waals surface area contributed by atoms with Crippen molar-refractivity contribution in [1.82, 2.24) is 9.97 Å². The van der Waals surface area contributed by atoms with Crippen LogP contribution in [0.15, 0.2) is 46.5 Å². The van der Waals surface area contributed by atoms with E-state index in [9.17, 15) is 4.79 Å². The zero-order chi connectivity index (χ0) is 15.3. The molecule has 1 heterocycles. The molecule has 21 heavy (non-hydrogen) atoms. The number of ether oxygens (including phenoxy) is 1. The zero-order valence-electron chi connectivity index (χ0n) is 12.6. The number of hydrogen-bond acceptors (Lipinski definition) is 4. The third kappa shape index (κ3) is 4.93. The normalized spacial score (nSPS) is 11.4. The lowest BCUT2D eigenvalue weighted by atomic mass is 9.87. The first-order valence-electron chi connectivity index (χ1n) is 6.86. The highest BCUT2D eigenvalue weighted by atomic mass is 32.2. The molecule has 0 unspecified atom stereocenters. The second-order valence-corrected chi connectivity index (χ2v) is 6.79. The molecule has 0 aliphatic heterocycles. The maximum Gasteiger partial charge on any atom is 0.251 e. The Kier molecular flexibility index (Phi) is 5.07. The molecule has 0 aliphatic rings. The lowest BCUT2D eigenvalue weighted by Crippen LogP contribution is -2.10. The largest absolute Gasteiger partial charge is 0.493 e. The zero-order valence-corrected chi connectivity index (χ0v) is 13.4. The smallest absolute Gasteiger partial charge is 0.251 e. The van der Waals surface area contributed by atoms with Crippen LogP contribution in [0.3, 0.4) is 0 Å². The molecule has 0 aliphatic carbocycles. The Labute approximate surface area is 129 Å². The van der Waals surface area contributed by atoms with Crippen molar-refractivity contribution in [3.63, 3.8) is 0 Å². The molecular formula is C16H20N2O2S. The van der Waals surface area contributed by atoms with Crippen molar-refractivity contribution in [3.8, 4) is 5.75 Å². The maximum atomic E-state index is 11.1. The minimum Gasteiger partial charge on any atom is -0.493 e. The summed E-state index contributed by atoms with van der Waals surface area (Å²) in [5, 5.41) is 0.620. The van der Waals surface area contributed by atoms with Crippen LogP contribution >= 0.6 is 11.8 Å². The molecule has 0 spiro atoms. The van der Waals surface area contributed by atoms with Gasteiger partial charge in [0, 0.05) is 18.0 Å². The molecular weight excluding hydrogens is 284 g/mol. The van der Waals surface area contributed by atoms with Gasteiger partial charge >= 0.3 is 0 Å². The third-order valence-electron chi connectivity index (χ3n) is 2.96. The molecule has 4 nitrogen and oxygen atoms in total. The third-order valence-corrected chi connectivity index (χ3v) is 3.81. The van der Waals surface area contributed by atoms with E-state index >= 15 is 0 Å². The summed E-state index contributed by atoms with van der Waals surface area (Å²) in [5.41, 5.74) is 1.31. The summed E-state index contributed by atoms with van der Waals surface area (Å²) in [6.07, 6.45) is 1.51. The van der Waals surface area contributed by atoms with Gasteiger partial charge in [-0.15, -0.1) is 0 Å². The Balaban J connectivity index is 1.80. The summed E-state index contributed by atoms with van der Waals surface area (Å²) in [5.74, 6) is 1.59. The average molecular weight is 304 g/mol. The Morgan fingerprint density at radius 3 is 2.52 bits per heavy atom. The summed E-state index contributed by atoms with van der Waals surface area (Å²) in [6.45, 7) is 7.13. The number of nitrogens with zero attached hydrogens (tertiary/aromatic N) is 1. The summed E-state index contributed by atoms with van der Waals surface area (Å²) in [4.78, 5) is 17.9. The van der Waals surface area contributed by atoms with Gasteiger partial charge in [0.25, 0.3) is 5.56 Å². The fourth-order valence-electron chi connectivity index (χ4n) is 1.77. The molecule has 0 atom stereocenters. The molecule has 2 aromatic rings. The van der Waals surface area contributed by atoms with Crippen LogP contribution in [0.1, 0.15) is 26.3 Å². The summed E-state index contributed by atoms with van der Waals surface area (Å²) in [7, 11) is 0. The Morgan fingerprint density at radius 1 is 1.19 bits per heavy atom. The molecule has 0 bridgehead atoms. The van der Waals surface area contributed by atoms with Crippen molar-refractivity contribution in [1.29, 1.82) is 0 Å². The van der Waals surface area contributed by atoms with E-state index in [-0.39, 0.29) is 11.0 Å². The molecule has 0 saturated heterocycles. The van der Waals surface area contributed by atoms with Gasteiger partial charge < -0.3 is 9.72 Å². The van der Waals surface area contributed by atoms with Crippen LogP contribution in [0, 0.1) is 0 Å². The Hall–Kier alpha value is -1.75. The van der Waals surface area contributed by atoms with Crippen molar-refractivity contribution >= 4 is 11.8 Å². The van der Waals surface area contributed by atoms with Crippen molar-refractivity contribution in [2.75, 3.05) is 12.4 Å². The van der Waals surface area contributed by atoms with Crippen LogP contribution in [0.25, 0.3) is 0 Å². The quantitative estimate of drug-likeness (QED) is 0.523. The van der Waals surface area contributed by atoms with Gasteiger partial charge in [-0.25, -0.2) is 4.98 Å².